The molecule has 0 fully saturated rings. The van der Waals surface area contributed by atoms with Crippen LogP contribution in [0.3, 0.4) is 0 Å². The summed E-state index contributed by atoms with van der Waals surface area (Å²) in [7, 11) is 3.73. The smallest absolute Gasteiger partial charge is 0.329 e. The van der Waals surface area contributed by atoms with Gasteiger partial charge in [0.05, 0.1) is 22.6 Å². The largest absolute Gasteiger partial charge is 0.480 e. The van der Waals surface area contributed by atoms with Gasteiger partial charge in [0, 0.05) is 29.7 Å². The normalized spacial score (nSPS) is 15.2. The summed E-state index contributed by atoms with van der Waals surface area (Å²) in [5.74, 6) is 0.491. The zero-order valence-electron chi connectivity index (χ0n) is 18.1. The van der Waals surface area contributed by atoms with Gasteiger partial charge >= 0.3 is 6.03 Å². The molecular formula is C23H25N5O2S2. The molecule has 3 aromatic rings. The van der Waals surface area contributed by atoms with Crippen LogP contribution in [0.5, 0.6) is 5.88 Å². The number of hydrogen-bond donors (Lipinski definition) is 2. The van der Waals surface area contributed by atoms with Crippen molar-refractivity contribution in [2.45, 2.75) is 36.4 Å². The highest BCUT2D eigenvalue weighted by Gasteiger charge is 2.23. The molecule has 0 spiro atoms. The number of thiophene rings is 1. The molecule has 9 heteroatoms. The molecule has 0 unspecified atom stereocenters. The van der Waals surface area contributed by atoms with Gasteiger partial charge in [-0.25, -0.2) is 14.8 Å². The second-order valence-electron chi connectivity index (χ2n) is 8.08. The number of carbonyl (C=O) groups is 1. The molecule has 32 heavy (non-hydrogen) atoms. The lowest BCUT2D eigenvalue weighted by atomic mass is 9.98. The van der Waals surface area contributed by atoms with Crippen molar-refractivity contribution in [1.29, 1.82) is 0 Å². The number of aromatic nitrogens is 2. The van der Waals surface area contributed by atoms with Gasteiger partial charge in [-0.05, 0) is 67.4 Å². The van der Waals surface area contributed by atoms with Crippen molar-refractivity contribution in [3.05, 3.63) is 52.3 Å². The lowest BCUT2D eigenvalue weighted by molar-refractivity contribution is 0.257. The molecule has 1 aromatic carbocycles. The molecule has 166 valence electrons. The van der Waals surface area contributed by atoms with Gasteiger partial charge in [0.1, 0.15) is 6.33 Å². The van der Waals surface area contributed by atoms with Gasteiger partial charge < -0.3 is 15.0 Å². The number of nitrogens with one attached hydrogen (secondary N) is 2. The number of nitrogens with zero attached hydrogens (tertiary/aromatic N) is 3. The Bertz CT molecular complexity index is 1160. The summed E-state index contributed by atoms with van der Waals surface area (Å²) in [4.78, 5) is 25.1. The third-order valence-corrected chi connectivity index (χ3v) is 8.10. The van der Waals surface area contributed by atoms with Crippen molar-refractivity contribution in [2.75, 3.05) is 26.0 Å². The van der Waals surface area contributed by atoms with Crippen molar-refractivity contribution in [3.8, 4) is 17.0 Å². The van der Waals surface area contributed by atoms with Crippen LogP contribution in [0.4, 0.5) is 10.5 Å². The maximum atomic E-state index is 12.9. The molecule has 0 radical (unpaired) electrons. The molecular weight excluding hydrogens is 442 g/mol. The predicted octanol–water partition coefficient (Wildman–Crippen LogP) is 4.52. The number of ether oxygens (including phenoxy) is 1. The first-order valence-corrected chi connectivity index (χ1v) is 12.3. The number of likely N-dealkylation sites (N-methyl/N-ethyl adjacent to an activating group) is 1. The van der Waals surface area contributed by atoms with Gasteiger partial charge in [-0.2, -0.15) is 0 Å². The lowest BCUT2D eigenvalue weighted by Crippen LogP contribution is -2.25. The van der Waals surface area contributed by atoms with Crippen molar-refractivity contribution in [2.24, 2.45) is 0 Å². The molecule has 2 aliphatic rings. The molecule has 5 rings (SSSR count). The topological polar surface area (TPSA) is 79.4 Å². The van der Waals surface area contributed by atoms with Crippen LogP contribution < -0.4 is 14.8 Å². The summed E-state index contributed by atoms with van der Waals surface area (Å²) in [5.41, 5.74) is 6.29. The molecule has 2 N–H and O–H groups in total. The number of methoxy groups -OCH3 is 1. The van der Waals surface area contributed by atoms with Crippen LogP contribution in [0, 0.1) is 0 Å². The minimum absolute atomic E-state index is 0.240. The zero-order valence-corrected chi connectivity index (χ0v) is 19.7. The van der Waals surface area contributed by atoms with E-state index in [9.17, 15) is 4.79 Å². The quantitative estimate of drug-likeness (QED) is 0.537. The average molecular weight is 468 g/mol. The van der Waals surface area contributed by atoms with E-state index in [1.54, 1.807) is 24.6 Å². The Kier molecular flexibility index (Phi) is 6.03. The summed E-state index contributed by atoms with van der Waals surface area (Å²) in [6.07, 6.45) is 7.31. The van der Waals surface area contributed by atoms with E-state index >= 15 is 0 Å². The first kappa shape index (κ1) is 21.2. The Hall–Kier alpha value is -2.62. The Morgan fingerprint density at radius 3 is 3.00 bits per heavy atom. The van der Waals surface area contributed by atoms with Crippen molar-refractivity contribution >= 4 is 35.0 Å². The highest BCUT2D eigenvalue weighted by molar-refractivity contribution is 7.99. The van der Waals surface area contributed by atoms with Crippen molar-refractivity contribution in [1.82, 2.24) is 19.6 Å². The molecule has 0 atom stereocenters. The SMILES string of the molecule is COc1ncncc1-c1ccc2c(c1NC(=O)NSc1cc3c(s1)CCN(C)C3)CCC2. The van der Waals surface area contributed by atoms with Gasteiger partial charge in [0.15, 0.2) is 0 Å². The number of hydrogen-bond acceptors (Lipinski definition) is 7. The molecule has 3 heterocycles. The number of urea groups is 1. The van der Waals surface area contributed by atoms with E-state index in [-0.39, 0.29) is 6.03 Å². The fourth-order valence-electron chi connectivity index (χ4n) is 4.43. The average Bonchev–Trinajstić information content (AvgIpc) is 3.44. The fourth-order valence-corrected chi connectivity index (χ4v) is 6.36. The van der Waals surface area contributed by atoms with Gasteiger partial charge in [0.2, 0.25) is 5.88 Å². The molecule has 0 bridgehead atoms. The number of carbonyl (C=O) groups excluding carboxylic acids is 1. The summed E-state index contributed by atoms with van der Waals surface area (Å²) in [6.45, 7) is 2.05. The first-order chi connectivity index (χ1) is 15.6. The maximum absolute atomic E-state index is 12.9. The van der Waals surface area contributed by atoms with Gasteiger partial charge in [-0.15, -0.1) is 11.3 Å². The number of fused-ring (bicyclic) bond motifs is 2. The molecule has 7 nitrogen and oxygen atoms in total. The summed E-state index contributed by atoms with van der Waals surface area (Å²) >= 11 is 3.15. The van der Waals surface area contributed by atoms with Crippen LogP contribution >= 0.6 is 23.3 Å². The molecule has 0 saturated heterocycles. The van der Waals surface area contributed by atoms with E-state index in [0.29, 0.717) is 5.88 Å². The second-order valence-corrected chi connectivity index (χ2v) is 10.3. The van der Waals surface area contributed by atoms with E-state index < -0.39 is 0 Å². The van der Waals surface area contributed by atoms with Crippen LogP contribution in [-0.4, -0.2) is 41.6 Å². The van der Waals surface area contributed by atoms with Gasteiger partial charge in [-0.1, -0.05) is 12.1 Å². The Morgan fingerprint density at radius 1 is 1.22 bits per heavy atom. The van der Waals surface area contributed by atoms with Gasteiger partial charge in [-0.3, -0.25) is 4.72 Å². The Morgan fingerprint density at radius 2 is 2.12 bits per heavy atom. The predicted molar refractivity (Wildman–Crippen MR) is 128 cm³/mol. The number of anilines is 1. The zero-order chi connectivity index (χ0) is 22.1. The highest BCUT2D eigenvalue weighted by atomic mass is 32.2. The molecule has 2 aromatic heterocycles. The van der Waals surface area contributed by atoms with Crippen LogP contribution in [0.2, 0.25) is 0 Å². The Labute approximate surface area is 195 Å². The molecule has 1 aliphatic heterocycles. The highest BCUT2D eigenvalue weighted by Crippen LogP contribution is 2.40. The fraction of sp³-hybridized carbons (Fsp3) is 0.348. The lowest BCUT2D eigenvalue weighted by Gasteiger charge is -2.21. The van der Waals surface area contributed by atoms with Crippen LogP contribution in [0.25, 0.3) is 11.1 Å². The number of amides is 2. The van der Waals surface area contributed by atoms with E-state index in [0.717, 1.165) is 59.8 Å². The number of benzene rings is 1. The summed E-state index contributed by atoms with van der Waals surface area (Å²) in [5, 5.41) is 3.11. The first-order valence-electron chi connectivity index (χ1n) is 10.7. The van der Waals surface area contributed by atoms with E-state index in [1.807, 2.05) is 6.07 Å². The monoisotopic (exact) mass is 467 g/mol. The van der Waals surface area contributed by atoms with Crippen molar-refractivity contribution < 1.29 is 9.53 Å². The van der Waals surface area contributed by atoms with E-state index in [4.69, 9.17) is 4.74 Å². The van der Waals surface area contributed by atoms with Crippen molar-refractivity contribution in [3.63, 3.8) is 0 Å². The van der Waals surface area contributed by atoms with E-state index in [2.05, 4.69) is 44.1 Å². The van der Waals surface area contributed by atoms with Crippen LogP contribution in [0.1, 0.15) is 28.0 Å². The maximum Gasteiger partial charge on any atom is 0.329 e. The van der Waals surface area contributed by atoms with Crippen LogP contribution in [-0.2, 0) is 25.8 Å². The minimum atomic E-state index is -0.240. The standard InChI is InChI=1S/C23H25N5O2S2/c1-28-9-8-19-15(12-28)10-20(31-19)32-27-23(29)26-21-16-5-3-4-14(16)6-7-17(21)18-11-24-13-25-22(18)30-2/h6-7,10-11,13H,3-5,8-9,12H2,1-2H3,(H2,26,27,29). The molecule has 2 amide bonds. The van der Waals surface area contributed by atoms with E-state index in [1.165, 1.54) is 39.8 Å². The second kappa shape index (κ2) is 9.09. The molecule has 1 aliphatic carbocycles. The minimum Gasteiger partial charge on any atom is -0.480 e. The third-order valence-electron chi connectivity index (χ3n) is 5.96. The van der Waals surface area contributed by atoms with Gasteiger partial charge in [0.25, 0.3) is 0 Å². The number of aryl methyl sites for hydroxylation is 1. The third kappa shape index (κ3) is 4.20. The number of rotatable bonds is 5. The summed E-state index contributed by atoms with van der Waals surface area (Å²) in [6, 6.07) is 6.11. The Balaban J connectivity index is 1.37. The summed E-state index contributed by atoms with van der Waals surface area (Å²) < 4.78 is 9.52. The van der Waals surface area contributed by atoms with Crippen LogP contribution in [0.15, 0.2) is 34.9 Å². The molecule has 0 saturated carbocycles.